The summed E-state index contributed by atoms with van der Waals surface area (Å²) in [6.07, 6.45) is 0.825. The maximum Gasteiger partial charge on any atom is 0.252 e. The van der Waals surface area contributed by atoms with E-state index < -0.39 is 0 Å². The number of aryl methyl sites for hydroxylation is 1. The van der Waals surface area contributed by atoms with Crippen molar-refractivity contribution in [2.75, 3.05) is 20.3 Å². The zero-order valence-electron chi connectivity index (χ0n) is 9.55. The van der Waals surface area contributed by atoms with E-state index in [0.29, 0.717) is 18.7 Å². The van der Waals surface area contributed by atoms with Crippen LogP contribution in [0.5, 0.6) is 0 Å². The molecule has 0 aliphatic heterocycles. The van der Waals surface area contributed by atoms with Gasteiger partial charge in [0, 0.05) is 24.7 Å². The number of rotatable bonds is 5. The Morgan fingerprint density at radius 3 is 2.94 bits per heavy atom. The second kappa shape index (κ2) is 6.66. The lowest BCUT2D eigenvalue weighted by molar-refractivity contribution is 0.0947. The Balaban J connectivity index is 2.56. The molecule has 1 amide bonds. The molecule has 0 aliphatic carbocycles. The largest absolute Gasteiger partial charge is 0.385 e. The van der Waals surface area contributed by atoms with Crippen molar-refractivity contribution in [2.45, 2.75) is 13.3 Å². The van der Waals surface area contributed by atoms with Crippen molar-refractivity contribution in [3.05, 3.63) is 33.8 Å². The topological polar surface area (TPSA) is 38.3 Å². The predicted octanol–water partition coefficient (Wildman–Crippen LogP) is 2.52. The van der Waals surface area contributed by atoms with E-state index >= 15 is 0 Å². The Bertz CT molecular complexity index is 366. The van der Waals surface area contributed by atoms with Gasteiger partial charge in [-0.15, -0.1) is 0 Å². The van der Waals surface area contributed by atoms with E-state index in [1.165, 1.54) is 0 Å². The van der Waals surface area contributed by atoms with Gasteiger partial charge in [-0.1, -0.05) is 12.1 Å². The standard InChI is InChI=1S/C12H16BrNO2/c1-9-5-3-6-10(11(9)13)12(15)14-7-4-8-16-2/h3,5-6H,4,7-8H2,1-2H3,(H,14,15). The molecule has 0 saturated heterocycles. The number of amides is 1. The zero-order chi connectivity index (χ0) is 12.0. The molecule has 0 unspecified atom stereocenters. The van der Waals surface area contributed by atoms with Gasteiger partial charge in [0.15, 0.2) is 0 Å². The first-order valence-corrected chi connectivity index (χ1v) is 5.98. The lowest BCUT2D eigenvalue weighted by Crippen LogP contribution is -2.25. The quantitative estimate of drug-likeness (QED) is 0.845. The molecule has 1 rings (SSSR count). The van der Waals surface area contributed by atoms with E-state index in [1.807, 2.05) is 25.1 Å². The average Bonchev–Trinajstić information content (AvgIpc) is 2.28. The number of carbonyl (C=O) groups is 1. The Labute approximate surface area is 104 Å². The molecule has 1 aromatic carbocycles. The van der Waals surface area contributed by atoms with Gasteiger partial charge in [0.25, 0.3) is 5.91 Å². The molecule has 0 radical (unpaired) electrons. The highest BCUT2D eigenvalue weighted by Gasteiger charge is 2.10. The molecule has 16 heavy (non-hydrogen) atoms. The molecule has 88 valence electrons. The summed E-state index contributed by atoms with van der Waals surface area (Å²) >= 11 is 3.42. The highest BCUT2D eigenvalue weighted by Crippen LogP contribution is 2.20. The Morgan fingerprint density at radius 1 is 1.50 bits per heavy atom. The summed E-state index contributed by atoms with van der Waals surface area (Å²) in [5, 5.41) is 2.85. The van der Waals surface area contributed by atoms with Crippen molar-refractivity contribution < 1.29 is 9.53 Å². The average molecular weight is 286 g/mol. The van der Waals surface area contributed by atoms with Crippen LogP contribution in [0.2, 0.25) is 0 Å². The number of nitrogens with one attached hydrogen (secondary N) is 1. The highest BCUT2D eigenvalue weighted by molar-refractivity contribution is 9.10. The minimum Gasteiger partial charge on any atom is -0.385 e. The summed E-state index contributed by atoms with van der Waals surface area (Å²) in [6, 6.07) is 5.65. The molecule has 0 aliphatic rings. The fourth-order valence-electron chi connectivity index (χ4n) is 1.34. The van der Waals surface area contributed by atoms with Crippen LogP contribution < -0.4 is 5.32 Å². The number of carbonyl (C=O) groups excluding carboxylic acids is 1. The lowest BCUT2D eigenvalue weighted by Gasteiger charge is -2.08. The maximum absolute atomic E-state index is 11.8. The minimum atomic E-state index is -0.0494. The SMILES string of the molecule is COCCCNC(=O)c1cccc(C)c1Br. The second-order valence-electron chi connectivity index (χ2n) is 3.54. The van der Waals surface area contributed by atoms with Crippen molar-refractivity contribution in [1.29, 1.82) is 0 Å². The number of methoxy groups -OCH3 is 1. The number of ether oxygens (including phenoxy) is 1. The molecular weight excluding hydrogens is 270 g/mol. The van der Waals surface area contributed by atoms with Crippen LogP contribution in [0, 0.1) is 6.92 Å². The van der Waals surface area contributed by atoms with Crippen molar-refractivity contribution in [2.24, 2.45) is 0 Å². The van der Waals surface area contributed by atoms with Crippen LogP contribution in [0.3, 0.4) is 0 Å². The summed E-state index contributed by atoms with van der Waals surface area (Å²) in [5.41, 5.74) is 1.74. The van der Waals surface area contributed by atoms with Crippen LogP contribution in [0.1, 0.15) is 22.3 Å². The van der Waals surface area contributed by atoms with Crippen molar-refractivity contribution in [1.82, 2.24) is 5.32 Å². The third-order valence-electron chi connectivity index (χ3n) is 2.25. The van der Waals surface area contributed by atoms with Crippen LogP contribution in [-0.4, -0.2) is 26.2 Å². The van der Waals surface area contributed by atoms with Crippen LogP contribution >= 0.6 is 15.9 Å². The fraction of sp³-hybridized carbons (Fsp3) is 0.417. The highest BCUT2D eigenvalue weighted by atomic mass is 79.9. The first-order chi connectivity index (χ1) is 7.66. The van der Waals surface area contributed by atoms with E-state index in [1.54, 1.807) is 7.11 Å². The molecule has 4 heteroatoms. The molecule has 1 N–H and O–H groups in total. The second-order valence-corrected chi connectivity index (χ2v) is 4.33. The van der Waals surface area contributed by atoms with Gasteiger partial charge in [-0.25, -0.2) is 0 Å². The van der Waals surface area contributed by atoms with Gasteiger partial charge in [-0.3, -0.25) is 4.79 Å². The van der Waals surface area contributed by atoms with Gasteiger partial charge in [-0.05, 0) is 40.9 Å². The summed E-state index contributed by atoms with van der Waals surface area (Å²) in [7, 11) is 1.65. The Hall–Kier alpha value is -0.870. The Morgan fingerprint density at radius 2 is 2.25 bits per heavy atom. The zero-order valence-corrected chi connectivity index (χ0v) is 11.1. The van der Waals surface area contributed by atoms with E-state index in [9.17, 15) is 4.79 Å². The first-order valence-electron chi connectivity index (χ1n) is 5.19. The van der Waals surface area contributed by atoms with Crippen molar-refractivity contribution >= 4 is 21.8 Å². The summed E-state index contributed by atoms with van der Waals surface area (Å²) in [4.78, 5) is 11.8. The normalized spacial score (nSPS) is 10.2. The molecule has 0 atom stereocenters. The summed E-state index contributed by atoms with van der Waals surface area (Å²) in [6.45, 7) is 3.26. The predicted molar refractivity (Wildman–Crippen MR) is 67.7 cm³/mol. The molecule has 0 aromatic heterocycles. The molecule has 0 bridgehead atoms. The van der Waals surface area contributed by atoms with E-state index in [4.69, 9.17) is 4.74 Å². The minimum absolute atomic E-state index is 0.0494. The van der Waals surface area contributed by atoms with Gasteiger partial charge >= 0.3 is 0 Å². The van der Waals surface area contributed by atoms with Crippen LogP contribution in [0.15, 0.2) is 22.7 Å². The lowest BCUT2D eigenvalue weighted by atomic mass is 10.1. The molecule has 0 heterocycles. The number of benzene rings is 1. The van der Waals surface area contributed by atoms with Crippen LogP contribution in [-0.2, 0) is 4.74 Å². The maximum atomic E-state index is 11.8. The summed E-state index contributed by atoms with van der Waals surface area (Å²) < 4.78 is 5.77. The van der Waals surface area contributed by atoms with Gasteiger partial charge < -0.3 is 10.1 Å². The van der Waals surface area contributed by atoms with Crippen LogP contribution in [0.25, 0.3) is 0 Å². The fourth-order valence-corrected chi connectivity index (χ4v) is 1.78. The third-order valence-corrected chi connectivity index (χ3v) is 3.30. The molecular formula is C12H16BrNO2. The number of halogens is 1. The van der Waals surface area contributed by atoms with Gasteiger partial charge in [-0.2, -0.15) is 0 Å². The third kappa shape index (κ3) is 3.61. The summed E-state index contributed by atoms with van der Waals surface area (Å²) in [5.74, 6) is -0.0494. The number of hydrogen-bond donors (Lipinski definition) is 1. The molecule has 3 nitrogen and oxygen atoms in total. The van der Waals surface area contributed by atoms with E-state index in [2.05, 4.69) is 21.2 Å². The van der Waals surface area contributed by atoms with E-state index in [-0.39, 0.29) is 5.91 Å². The van der Waals surface area contributed by atoms with Gasteiger partial charge in [0.1, 0.15) is 0 Å². The van der Waals surface area contributed by atoms with Crippen molar-refractivity contribution in [3.63, 3.8) is 0 Å². The Kier molecular flexibility index (Phi) is 5.49. The molecule has 0 fully saturated rings. The molecule has 1 aromatic rings. The smallest absolute Gasteiger partial charge is 0.252 e. The number of hydrogen-bond acceptors (Lipinski definition) is 2. The van der Waals surface area contributed by atoms with Crippen LogP contribution in [0.4, 0.5) is 0 Å². The van der Waals surface area contributed by atoms with Gasteiger partial charge in [0.2, 0.25) is 0 Å². The van der Waals surface area contributed by atoms with Gasteiger partial charge in [0.05, 0.1) is 5.56 Å². The monoisotopic (exact) mass is 285 g/mol. The molecule has 0 spiro atoms. The first kappa shape index (κ1) is 13.2. The van der Waals surface area contributed by atoms with E-state index in [0.717, 1.165) is 16.5 Å². The van der Waals surface area contributed by atoms with Crippen molar-refractivity contribution in [3.8, 4) is 0 Å². The molecule has 0 saturated carbocycles.